The number of carboxylic acid groups (broad SMARTS) is 1. The van der Waals surface area contributed by atoms with Crippen molar-refractivity contribution in [3.8, 4) is 17.0 Å². The average molecular weight is 572 g/mol. The van der Waals surface area contributed by atoms with Crippen molar-refractivity contribution in [3.63, 3.8) is 0 Å². The van der Waals surface area contributed by atoms with Crippen LogP contribution in [0.2, 0.25) is 0 Å². The van der Waals surface area contributed by atoms with E-state index in [4.69, 9.17) is 15.9 Å². The minimum Gasteiger partial charge on any atom is -0.481 e. The number of nitrogen functional groups attached to an aromatic ring is 1. The third-order valence-corrected chi connectivity index (χ3v) is 6.15. The maximum Gasteiger partial charge on any atom is 0.336 e. The molecular formula is C27H30ClN5O7. The number of halogens is 1. The summed E-state index contributed by atoms with van der Waals surface area (Å²) in [5.74, 6) is -6.16. The van der Waals surface area contributed by atoms with Gasteiger partial charge in [-0.15, -0.1) is 12.4 Å². The van der Waals surface area contributed by atoms with Crippen LogP contribution in [0, 0.1) is 11.3 Å². The number of methoxy groups -OCH3 is 1. The molecule has 1 heterocycles. The lowest BCUT2D eigenvalue weighted by Crippen LogP contribution is -2.53. The minimum absolute atomic E-state index is 0. The maximum absolute atomic E-state index is 13.2. The summed E-state index contributed by atoms with van der Waals surface area (Å²) >= 11 is 0. The molecule has 0 saturated carbocycles. The second-order valence-corrected chi connectivity index (χ2v) is 8.75. The Hall–Kier alpha value is -4.52. The van der Waals surface area contributed by atoms with Crippen LogP contribution in [-0.2, 0) is 0 Å². The highest BCUT2D eigenvalue weighted by atomic mass is 35.5. The number of ether oxygens (including phenoxy) is 1. The van der Waals surface area contributed by atoms with Gasteiger partial charge >= 0.3 is 5.97 Å². The number of hydrogen-bond acceptors (Lipinski definition) is 8. The van der Waals surface area contributed by atoms with Crippen LogP contribution in [0.25, 0.3) is 11.1 Å². The van der Waals surface area contributed by atoms with E-state index in [2.05, 4.69) is 15.6 Å². The third kappa shape index (κ3) is 7.11. The Morgan fingerprint density at radius 2 is 1.62 bits per heavy atom. The first-order valence-corrected chi connectivity index (χ1v) is 11.8. The summed E-state index contributed by atoms with van der Waals surface area (Å²) in [6.07, 6.45) is 0.364. The fraction of sp³-hybridized carbons (Fsp3) is 0.222. The normalized spacial score (nSPS) is 11.5. The molecular weight excluding hydrogens is 542 g/mol. The van der Waals surface area contributed by atoms with Crippen LogP contribution in [0.4, 0.5) is 5.69 Å². The number of carboxylic acids is 1. The van der Waals surface area contributed by atoms with Crippen LogP contribution in [-0.4, -0.2) is 56.9 Å². The number of carbonyl (C=O) groups excluding carboxylic acids is 2. The minimum atomic E-state index is -2.50. The van der Waals surface area contributed by atoms with E-state index in [1.807, 2.05) is 0 Å². The van der Waals surface area contributed by atoms with Crippen LogP contribution in [0.15, 0.2) is 54.6 Å². The van der Waals surface area contributed by atoms with Crippen LogP contribution < -0.4 is 21.1 Å². The third-order valence-electron chi connectivity index (χ3n) is 6.15. The summed E-state index contributed by atoms with van der Waals surface area (Å²) in [6.45, 7) is 3.25. The van der Waals surface area contributed by atoms with E-state index in [0.29, 0.717) is 17.7 Å². The first-order chi connectivity index (χ1) is 18.4. The molecule has 0 fully saturated rings. The van der Waals surface area contributed by atoms with Crippen LogP contribution >= 0.6 is 12.4 Å². The molecule has 40 heavy (non-hydrogen) atoms. The van der Waals surface area contributed by atoms with Crippen molar-refractivity contribution in [2.75, 3.05) is 12.4 Å². The Morgan fingerprint density at radius 1 is 1.02 bits per heavy atom. The Bertz CT molecular complexity index is 1430. The molecule has 0 aliphatic heterocycles. The average Bonchev–Trinajstić information content (AvgIpc) is 2.91. The monoisotopic (exact) mass is 571 g/mol. The van der Waals surface area contributed by atoms with E-state index in [-0.39, 0.29) is 52.1 Å². The van der Waals surface area contributed by atoms with Gasteiger partial charge in [-0.25, -0.2) is 9.78 Å². The summed E-state index contributed by atoms with van der Waals surface area (Å²) in [7, 11) is 1.36. The van der Waals surface area contributed by atoms with E-state index >= 15 is 0 Å². The van der Waals surface area contributed by atoms with Gasteiger partial charge in [-0.2, -0.15) is 0 Å². The molecule has 212 valence electrons. The number of anilines is 1. The molecule has 0 spiro atoms. The van der Waals surface area contributed by atoms with E-state index in [1.54, 1.807) is 31.2 Å². The van der Waals surface area contributed by atoms with Crippen molar-refractivity contribution in [1.82, 2.24) is 10.3 Å². The number of nitrogens with zero attached hydrogens (tertiary/aromatic N) is 1. The van der Waals surface area contributed by atoms with Gasteiger partial charge in [0.1, 0.15) is 11.5 Å². The van der Waals surface area contributed by atoms with E-state index in [9.17, 15) is 29.7 Å². The van der Waals surface area contributed by atoms with Gasteiger partial charge in [0.15, 0.2) is 0 Å². The van der Waals surface area contributed by atoms with Crippen LogP contribution in [0.5, 0.6) is 5.88 Å². The highest BCUT2D eigenvalue weighted by Crippen LogP contribution is 2.30. The number of amides is 2. The lowest BCUT2D eigenvalue weighted by Gasteiger charge is -2.28. The predicted molar refractivity (Wildman–Crippen MR) is 150 cm³/mol. The van der Waals surface area contributed by atoms with Crippen molar-refractivity contribution in [1.29, 1.82) is 5.41 Å². The number of aromatic carboxylic acids is 1. The summed E-state index contributed by atoms with van der Waals surface area (Å²) < 4.78 is 5.15. The highest BCUT2D eigenvalue weighted by molar-refractivity contribution is 6.10. The lowest BCUT2D eigenvalue weighted by atomic mass is 9.95. The zero-order valence-electron chi connectivity index (χ0n) is 21.9. The van der Waals surface area contributed by atoms with Gasteiger partial charge in [-0.3, -0.25) is 15.0 Å². The molecule has 0 bridgehead atoms. The van der Waals surface area contributed by atoms with E-state index in [0.717, 1.165) is 6.07 Å². The summed E-state index contributed by atoms with van der Waals surface area (Å²) in [4.78, 5) is 42.3. The number of aromatic nitrogens is 1. The van der Waals surface area contributed by atoms with Gasteiger partial charge in [0.2, 0.25) is 11.8 Å². The van der Waals surface area contributed by atoms with Gasteiger partial charge in [0, 0.05) is 34.4 Å². The molecule has 12 nitrogen and oxygen atoms in total. The standard InChI is InChI=1S/C27H29N5O7.ClH/c1-4-14(2)27(37,38)32-24(33)16-7-10-18(20(13-16)26(35)36)19-11-12-21(39-3)31-22(19)25(34)30-17-8-5-15(6-9-17)23(28)29;/h5-14,37-38H,4H2,1-3H3,(H3,28,29)(H,30,34)(H,32,33)(H,35,36);1H. The Balaban J connectivity index is 0.00000560. The van der Waals surface area contributed by atoms with Gasteiger partial charge in [-0.1, -0.05) is 19.9 Å². The van der Waals surface area contributed by atoms with Gasteiger partial charge in [0.05, 0.1) is 12.7 Å². The number of benzene rings is 2. The summed E-state index contributed by atoms with van der Waals surface area (Å²) in [6, 6.07) is 12.8. The highest BCUT2D eigenvalue weighted by Gasteiger charge is 2.32. The molecule has 3 rings (SSSR count). The fourth-order valence-electron chi connectivity index (χ4n) is 3.61. The molecule has 13 heteroatoms. The van der Waals surface area contributed by atoms with Crippen LogP contribution in [0.3, 0.4) is 0 Å². The fourth-order valence-corrected chi connectivity index (χ4v) is 3.61. The largest absolute Gasteiger partial charge is 0.481 e. The number of nitrogens with two attached hydrogens (primary N) is 1. The number of nitrogens with one attached hydrogen (secondary N) is 3. The topological polar surface area (TPSA) is 208 Å². The van der Waals surface area contributed by atoms with Crippen molar-refractivity contribution in [2.45, 2.75) is 26.2 Å². The van der Waals surface area contributed by atoms with E-state index in [1.165, 1.54) is 38.3 Å². The molecule has 2 amide bonds. The molecule has 0 saturated heterocycles. The number of aliphatic hydroxyl groups is 2. The second-order valence-electron chi connectivity index (χ2n) is 8.75. The number of carbonyl (C=O) groups is 3. The van der Waals surface area contributed by atoms with Crippen molar-refractivity contribution >= 4 is 41.7 Å². The Labute approximate surface area is 236 Å². The lowest BCUT2D eigenvalue weighted by molar-refractivity contribution is -0.210. The maximum atomic E-state index is 13.2. The SMILES string of the molecule is CCC(C)C(O)(O)NC(=O)c1ccc(-c2ccc(OC)nc2C(=O)Nc2ccc(C(=N)N)cc2)c(C(=O)O)c1.Cl. The molecule has 0 aliphatic rings. The molecule has 8 N–H and O–H groups in total. The smallest absolute Gasteiger partial charge is 0.336 e. The van der Waals surface area contributed by atoms with Gasteiger partial charge in [0.25, 0.3) is 11.8 Å². The zero-order chi connectivity index (χ0) is 28.9. The van der Waals surface area contributed by atoms with Gasteiger partial charge in [-0.05, 0) is 54.4 Å². The quantitative estimate of drug-likeness (QED) is 0.108. The van der Waals surface area contributed by atoms with Crippen molar-refractivity contribution in [2.24, 2.45) is 11.7 Å². The molecule has 0 radical (unpaired) electrons. The number of pyridine rings is 1. The van der Waals surface area contributed by atoms with Gasteiger partial charge < -0.3 is 36.4 Å². The summed E-state index contributed by atoms with van der Waals surface area (Å²) in [5, 5.41) is 42.5. The first kappa shape index (κ1) is 31.7. The van der Waals surface area contributed by atoms with Crippen molar-refractivity contribution in [3.05, 3.63) is 77.0 Å². The molecule has 1 unspecified atom stereocenters. The van der Waals surface area contributed by atoms with Crippen molar-refractivity contribution < 1.29 is 34.4 Å². The molecule has 3 aromatic rings. The molecule has 0 aliphatic carbocycles. The molecule has 1 aromatic heterocycles. The summed E-state index contributed by atoms with van der Waals surface area (Å²) in [5.41, 5.74) is 5.95. The number of hydrogen-bond donors (Lipinski definition) is 7. The van der Waals surface area contributed by atoms with Crippen LogP contribution in [0.1, 0.15) is 57.0 Å². The Kier molecular flexibility index (Phi) is 10.3. The molecule has 2 aromatic carbocycles. The number of rotatable bonds is 10. The second kappa shape index (κ2) is 13.0. The van der Waals surface area contributed by atoms with E-state index < -0.39 is 29.6 Å². The molecule has 1 atom stereocenters. The predicted octanol–water partition coefficient (Wildman–Crippen LogP) is 2.83. The zero-order valence-corrected chi connectivity index (χ0v) is 22.7. The first-order valence-electron chi connectivity index (χ1n) is 11.8. The number of amidine groups is 1. The Morgan fingerprint density at radius 3 is 2.17 bits per heavy atom.